The SMILES string of the molecule is O=C(O)CCCNC(=O)c1cccc(OCC(F)(F)F)n1. The van der Waals surface area contributed by atoms with Gasteiger partial charge in [-0.05, 0) is 12.5 Å². The Morgan fingerprint density at radius 3 is 2.67 bits per heavy atom. The number of carbonyl (C=O) groups excluding carboxylic acids is 1. The maximum absolute atomic E-state index is 12.0. The summed E-state index contributed by atoms with van der Waals surface area (Å²) in [6.45, 7) is -1.37. The van der Waals surface area contributed by atoms with Gasteiger partial charge in [0.2, 0.25) is 5.88 Å². The number of pyridine rings is 1. The van der Waals surface area contributed by atoms with E-state index in [2.05, 4.69) is 15.0 Å². The molecule has 1 rings (SSSR count). The highest BCUT2D eigenvalue weighted by molar-refractivity contribution is 5.92. The molecule has 116 valence electrons. The molecular formula is C12H13F3N2O4. The summed E-state index contributed by atoms with van der Waals surface area (Å²) < 4.78 is 40.4. The summed E-state index contributed by atoms with van der Waals surface area (Å²) in [6, 6.07) is 3.85. The summed E-state index contributed by atoms with van der Waals surface area (Å²) in [6.07, 6.45) is -4.34. The van der Waals surface area contributed by atoms with Crippen LogP contribution in [0.3, 0.4) is 0 Å². The molecule has 0 saturated heterocycles. The second-order valence-electron chi connectivity index (χ2n) is 4.02. The zero-order valence-electron chi connectivity index (χ0n) is 10.8. The normalized spacial score (nSPS) is 11.0. The molecule has 0 saturated carbocycles. The van der Waals surface area contributed by atoms with Crippen molar-refractivity contribution < 1.29 is 32.6 Å². The first-order valence-electron chi connectivity index (χ1n) is 5.94. The number of carboxylic acid groups (broad SMARTS) is 1. The number of nitrogens with one attached hydrogen (secondary N) is 1. The number of carbonyl (C=O) groups is 2. The van der Waals surface area contributed by atoms with Gasteiger partial charge in [0.05, 0.1) is 0 Å². The second-order valence-corrected chi connectivity index (χ2v) is 4.02. The van der Waals surface area contributed by atoms with E-state index in [0.717, 1.165) is 0 Å². The molecule has 0 unspecified atom stereocenters. The molecule has 0 aromatic carbocycles. The highest BCUT2D eigenvalue weighted by Gasteiger charge is 2.28. The Morgan fingerprint density at radius 1 is 1.33 bits per heavy atom. The highest BCUT2D eigenvalue weighted by atomic mass is 19.4. The molecule has 1 aromatic heterocycles. The average molecular weight is 306 g/mol. The smallest absolute Gasteiger partial charge is 0.422 e. The van der Waals surface area contributed by atoms with E-state index >= 15 is 0 Å². The van der Waals surface area contributed by atoms with Crippen LogP contribution in [0.25, 0.3) is 0 Å². The van der Waals surface area contributed by atoms with Crippen LogP contribution in [0.4, 0.5) is 13.2 Å². The Hall–Kier alpha value is -2.32. The number of ether oxygens (including phenoxy) is 1. The van der Waals surface area contributed by atoms with E-state index in [4.69, 9.17) is 5.11 Å². The van der Waals surface area contributed by atoms with Gasteiger partial charge in [-0.1, -0.05) is 6.07 Å². The van der Waals surface area contributed by atoms with E-state index in [1.165, 1.54) is 18.2 Å². The molecule has 21 heavy (non-hydrogen) atoms. The van der Waals surface area contributed by atoms with Crippen molar-refractivity contribution in [2.75, 3.05) is 13.2 Å². The molecule has 0 fully saturated rings. The number of alkyl halides is 3. The van der Waals surface area contributed by atoms with E-state index in [0.29, 0.717) is 0 Å². The van der Waals surface area contributed by atoms with Gasteiger partial charge < -0.3 is 15.2 Å². The van der Waals surface area contributed by atoms with Gasteiger partial charge in [-0.25, -0.2) is 4.98 Å². The van der Waals surface area contributed by atoms with Gasteiger partial charge in [0.1, 0.15) is 5.69 Å². The minimum Gasteiger partial charge on any atom is -0.481 e. The van der Waals surface area contributed by atoms with Crippen LogP contribution < -0.4 is 10.1 Å². The van der Waals surface area contributed by atoms with E-state index in [9.17, 15) is 22.8 Å². The van der Waals surface area contributed by atoms with Gasteiger partial charge in [-0.15, -0.1) is 0 Å². The zero-order chi connectivity index (χ0) is 15.9. The number of nitrogens with zero attached hydrogens (tertiary/aromatic N) is 1. The van der Waals surface area contributed by atoms with Gasteiger partial charge >= 0.3 is 12.1 Å². The summed E-state index contributed by atoms with van der Waals surface area (Å²) in [5.74, 6) is -1.91. The molecule has 0 aliphatic rings. The first kappa shape index (κ1) is 16.7. The standard InChI is InChI=1S/C12H13F3N2O4/c13-12(14,15)7-21-9-4-1-3-8(17-9)11(20)16-6-2-5-10(18)19/h1,3-4H,2,5-7H2,(H,16,20)(H,18,19). The van der Waals surface area contributed by atoms with Gasteiger partial charge in [-0.3, -0.25) is 9.59 Å². The van der Waals surface area contributed by atoms with Gasteiger partial charge in [-0.2, -0.15) is 13.2 Å². The summed E-state index contributed by atoms with van der Waals surface area (Å²) in [5, 5.41) is 10.8. The molecule has 2 N–H and O–H groups in total. The van der Waals surface area contributed by atoms with E-state index in [1.54, 1.807) is 0 Å². The number of halogens is 3. The minimum absolute atomic E-state index is 0.0948. The number of carboxylic acids is 1. The molecule has 0 radical (unpaired) electrons. The lowest BCUT2D eigenvalue weighted by molar-refractivity contribution is -0.154. The lowest BCUT2D eigenvalue weighted by Gasteiger charge is -2.09. The second kappa shape index (κ2) is 7.46. The molecule has 1 heterocycles. The van der Waals surface area contributed by atoms with Crippen LogP contribution in [-0.2, 0) is 4.79 Å². The maximum Gasteiger partial charge on any atom is 0.422 e. The van der Waals surface area contributed by atoms with Crippen LogP contribution in [0.15, 0.2) is 18.2 Å². The summed E-state index contributed by atoms with van der Waals surface area (Å²) >= 11 is 0. The van der Waals surface area contributed by atoms with Gasteiger partial charge in [0, 0.05) is 19.0 Å². The molecule has 0 aliphatic heterocycles. The largest absolute Gasteiger partial charge is 0.481 e. The third-order valence-corrected chi connectivity index (χ3v) is 2.19. The predicted octanol–water partition coefficient (Wildman–Crippen LogP) is 1.62. The first-order valence-corrected chi connectivity index (χ1v) is 5.94. The predicted molar refractivity (Wildman–Crippen MR) is 65.0 cm³/mol. The van der Waals surface area contributed by atoms with Crippen molar-refractivity contribution in [1.29, 1.82) is 0 Å². The summed E-state index contributed by atoms with van der Waals surface area (Å²) in [7, 11) is 0. The van der Waals surface area contributed by atoms with Crippen molar-refractivity contribution in [3.63, 3.8) is 0 Å². The van der Waals surface area contributed by atoms with Crippen LogP contribution >= 0.6 is 0 Å². The number of hydrogen-bond acceptors (Lipinski definition) is 4. The number of amides is 1. The molecule has 0 atom stereocenters. The Kier molecular flexibility index (Phi) is 5.94. The average Bonchev–Trinajstić information content (AvgIpc) is 2.40. The van der Waals surface area contributed by atoms with Crippen molar-refractivity contribution >= 4 is 11.9 Å². The topological polar surface area (TPSA) is 88.5 Å². The fraction of sp³-hybridized carbons (Fsp3) is 0.417. The molecule has 0 spiro atoms. The van der Waals surface area contributed by atoms with Gasteiger partial charge in [0.15, 0.2) is 6.61 Å². The van der Waals surface area contributed by atoms with Crippen molar-refractivity contribution in [3.8, 4) is 5.88 Å². The van der Waals surface area contributed by atoms with Gasteiger partial charge in [0.25, 0.3) is 5.91 Å². The Labute approximate surface area is 117 Å². The van der Waals surface area contributed by atoms with Crippen LogP contribution in [0, 0.1) is 0 Å². The Morgan fingerprint density at radius 2 is 2.05 bits per heavy atom. The highest BCUT2D eigenvalue weighted by Crippen LogP contribution is 2.17. The summed E-state index contributed by atoms with van der Waals surface area (Å²) in [4.78, 5) is 25.6. The molecule has 1 amide bonds. The molecule has 0 bridgehead atoms. The molecule has 0 aliphatic carbocycles. The zero-order valence-corrected chi connectivity index (χ0v) is 10.8. The fourth-order valence-electron chi connectivity index (χ4n) is 1.31. The van der Waals surface area contributed by atoms with E-state index in [1.807, 2.05) is 0 Å². The Balaban J connectivity index is 2.51. The van der Waals surface area contributed by atoms with E-state index in [-0.39, 0.29) is 31.0 Å². The number of aliphatic carboxylic acids is 1. The third kappa shape index (κ3) is 7.14. The first-order chi connectivity index (χ1) is 9.78. The lowest BCUT2D eigenvalue weighted by Crippen LogP contribution is -2.26. The quantitative estimate of drug-likeness (QED) is 0.747. The van der Waals surface area contributed by atoms with Crippen molar-refractivity contribution in [2.24, 2.45) is 0 Å². The molecule has 6 nitrogen and oxygen atoms in total. The molecular weight excluding hydrogens is 293 g/mol. The molecule has 9 heteroatoms. The minimum atomic E-state index is -4.49. The van der Waals surface area contributed by atoms with E-state index < -0.39 is 24.7 Å². The van der Waals surface area contributed by atoms with Crippen LogP contribution in [0.1, 0.15) is 23.3 Å². The Bertz CT molecular complexity index is 506. The van der Waals surface area contributed by atoms with Crippen LogP contribution in [0.2, 0.25) is 0 Å². The van der Waals surface area contributed by atoms with Crippen molar-refractivity contribution in [3.05, 3.63) is 23.9 Å². The van der Waals surface area contributed by atoms with Crippen molar-refractivity contribution in [1.82, 2.24) is 10.3 Å². The maximum atomic E-state index is 12.0. The molecule has 1 aromatic rings. The summed E-state index contributed by atoms with van der Waals surface area (Å²) in [5.41, 5.74) is -0.106. The third-order valence-electron chi connectivity index (χ3n) is 2.19. The van der Waals surface area contributed by atoms with Crippen molar-refractivity contribution in [2.45, 2.75) is 19.0 Å². The van der Waals surface area contributed by atoms with Crippen LogP contribution in [0.5, 0.6) is 5.88 Å². The monoisotopic (exact) mass is 306 g/mol. The van der Waals surface area contributed by atoms with Crippen LogP contribution in [-0.4, -0.2) is 41.3 Å². The number of rotatable bonds is 7. The lowest BCUT2D eigenvalue weighted by atomic mass is 10.3. The number of aromatic nitrogens is 1. The number of hydrogen-bond donors (Lipinski definition) is 2. The fourth-order valence-corrected chi connectivity index (χ4v) is 1.31.